The van der Waals surface area contributed by atoms with Crippen LogP contribution in [0.4, 0.5) is 0 Å². The Kier molecular flexibility index (Phi) is 7.89. The molecule has 4 N–H and O–H groups in total. The van der Waals surface area contributed by atoms with Gasteiger partial charge in [-0.05, 0) is 12.8 Å². The molecule has 1 unspecified atom stereocenters. The Bertz CT molecular complexity index is 489. The van der Waals surface area contributed by atoms with E-state index in [2.05, 4.69) is 10.1 Å². The largest absolute Gasteiger partial charge is 0.480 e. The van der Waals surface area contributed by atoms with E-state index in [1.54, 1.807) is 0 Å². The summed E-state index contributed by atoms with van der Waals surface area (Å²) < 4.78 is 26.3. The van der Waals surface area contributed by atoms with E-state index in [-0.39, 0.29) is 25.0 Å². The maximum Gasteiger partial charge on any atom is 0.326 e. The van der Waals surface area contributed by atoms with Crippen molar-refractivity contribution in [3.8, 4) is 0 Å². The van der Waals surface area contributed by atoms with Crippen LogP contribution in [0.1, 0.15) is 19.3 Å². The van der Waals surface area contributed by atoms with Gasteiger partial charge in [0.25, 0.3) is 0 Å². The summed E-state index contributed by atoms with van der Waals surface area (Å²) in [4.78, 5) is 33.6. The van der Waals surface area contributed by atoms with Crippen molar-refractivity contribution >= 4 is 27.7 Å². The zero-order valence-corrected chi connectivity index (χ0v) is 12.7. The molecule has 0 heterocycles. The Morgan fingerprint density at radius 1 is 1.29 bits per heavy atom. The lowest BCUT2D eigenvalue weighted by molar-refractivity contribution is -0.144. The number of nitrogens with one attached hydrogen (secondary N) is 1. The minimum Gasteiger partial charge on any atom is -0.480 e. The molecule has 9 nitrogen and oxygen atoms in total. The van der Waals surface area contributed by atoms with Gasteiger partial charge >= 0.3 is 11.9 Å². The Morgan fingerprint density at radius 2 is 1.86 bits per heavy atom. The monoisotopic (exact) mass is 324 g/mol. The van der Waals surface area contributed by atoms with E-state index < -0.39 is 39.8 Å². The van der Waals surface area contributed by atoms with Gasteiger partial charge in [0.2, 0.25) is 5.91 Å². The van der Waals surface area contributed by atoms with E-state index in [0.717, 1.165) is 13.4 Å². The lowest BCUT2D eigenvalue weighted by Gasteiger charge is -2.17. The van der Waals surface area contributed by atoms with Crippen molar-refractivity contribution in [2.24, 2.45) is 5.73 Å². The van der Waals surface area contributed by atoms with Crippen molar-refractivity contribution in [2.75, 3.05) is 19.1 Å². The van der Waals surface area contributed by atoms with Crippen molar-refractivity contribution in [3.05, 3.63) is 0 Å². The molecule has 21 heavy (non-hydrogen) atoms. The summed E-state index contributed by atoms with van der Waals surface area (Å²) >= 11 is 0. The first-order valence-corrected chi connectivity index (χ1v) is 8.16. The van der Waals surface area contributed by atoms with E-state index in [1.165, 1.54) is 0 Å². The molecule has 0 aliphatic heterocycles. The molecule has 0 saturated heterocycles. The van der Waals surface area contributed by atoms with Crippen LogP contribution >= 0.6 is 0 Å². The van der Waals surface area contributed by atoms with Crippen molar-refractivity contribution in [1.29, 1.82) is 0 Å². The zero-order valence-electron chi connectivity index (χ0n) is 11.9. The number of nitrogens with two attached hydrogens (primary N) is 1. The maximum absolute atomic E-state index is 11.7. The highest BCUT2D eigenvalue weighted by atomic mass is 32.2. The quantitative estimate of drug-likeness (QED) is 0.423. The number of carboxylic acids is 1. The third-order valence-corrected chi connectivity index (χ3v) is 3.59. The molecular formula is C11H20N2O7S. The van der Waals surface area contributed by atoms with Crippen LogP contribution in [-0.2, 0) is 29.0 Å². The van der Waals surface area contributed by atoms with Crippen LogP contribution < -0.4 is 11.1 Å². The Labute approximate surface area is 122 Å². The number of carbonyl (C=O) groups excluding carboxylic acids is 2. The third-order valence-electron chi connectivity index (χ3n) is 2.62. The SMILES string of the molecule is COC(=O)CC[C@H](NC(=O)C(N)CCS(C)(=O)=O)C(=O)O. The van der Waals surface area contributed by atoms with Gasteiger partial charge in [-0.15, -0.1) is 0 Å². The molecule has 0 spiro atoms. The molecule has 0 aromatic heterocycles. The fourth-order valence-electron chi connectivity index (χ4n) is 1.37. The first-order chi connectivity index (χ1) is 9.56. The minimum atomic E-state index is -3.26. The number of hydrogen-bond acceptors (Lipinski definition) is 7. The highest BCUT2D eigenvalue weighted by Gasteiger charge is 2.24. The molecule has 10 heteroatoms. The second-order valence-electron chi connectivity index (χ2n) is 4.54. The average Bonchev–Trinajstić information content (AvgIpc) is 2.38. The normalized spacial score (nSPS) is 14.0. The molecule has 0 aromatic carbocycles. The van der Waals surface area contributed by atoms with Gasteiger partial charge in [0.05, 0.1) is 18.9 Å². The highest BCUT2D eigenvalue weighted by molar-refractivity contribution is 7.90. The van der Waals surface area contributed by atoms with Crippen LogP contribution in [0.3, 0.4) is 0 Å². The summed E-state index contributed by atoms with van der Waals surface area (Å²) in [5, 5.41) is 11.1. The summed E-state index contributed by atoms with van der Waals surface area (Å²) in [7, 11) is -2.10. The predicted molar refractivity (Wildman–Crippen MR) is 73.1 cm³/mol. The summed E-state index contributed by atoms with van der Waals surface area (Å²) in [6.45, 7) is 0. The van der Waals surface area contributed by atoms with E-state index >= 15 is 0 Å². The fourth-order valence-corrected chi connectivity index (χ4v) is 2.05. The molecule has 0 fully saturated rings. The van der Waals surface area contributed by atoms with Crippen molar-refractivity contribution < 1.29 is 32.6 Å². The van der Waals surface area contributed by atoms with Gasteiger partial charge < -0.3 is 20.9 Å². The van der Waals surface area contributed by atoms with Gasteiger partial charge in [0.1, 0.15) is 15.9 Å². The van der Waals surface area contributed by atoms with E-state index in [9.17, 15) is 22.8 Å². The number of carbonyl (C=O) groups is 3. The van der Waals surface area contributed by atoms with Gasteiger partial charge in [0, 0.05) is 12.7 Å². The zero-order chi connectivity index (χ0) is 16.6. The van der Waals surface area contributed by atoms with Crippen LogP contribution in [0, 0.1) is 0 Å². The maximum atomic E-state index is 11.7. The standard InChI is InChI=1S/C11H20N2O7S/c1-20-9(14)4-3-8(11(16)17)13-10(15)7(12)5-6-21(2,18)19/h7-8H,3-6,12H2,1-2H3,(H,13,15)(H,16,17)/t7?,8-/m0/s1. The predicted octanol–water partition coefficient (Wildman–Crippen LogP) is -1.73. The van der Waals surface area contributed by atoms with Crippen LogP contribution in [-0.4, -0.2) is 62.6 Å². The molecule has 0 aliphatic rings. The van der Waals surface area contributed by atoms with Gasteiger partial charge in [-0.25, -0.2) is 13.2 Å². The first-order valence-electron chi connectivity index (χ1n) is 6.10. The van der Waals surface area contributed by atoms with Gasteiger partial charge in [-0.1, -0.05) is 0 Å². The Morgan fingerprint density at radius 3 is 2.29 bits per heavy atom. The molecular weight excluding hydrogens is 304 g/mol. The average molecular weight is 324 g/mol. The van der Waals surface area contributed by atoms with Gasteiger partial charge in [-0.3, -0.25) is 9.59 Å². The first kappa shape index (κ1) is 19.3. The number of hydrogen-bond donors (Lipinski definition) is 3. The fraction of sp³-hybridized carbons (Fsp3) is 0.727. The molecule has 0 aliphatic carbocycles. The number of carboxylic acid groups (broad SMARTS) is 1. The number of amides is 1. The molecule has 2 atom stereocenters. The van der Waals surface area contributed by atoms with Crippen LogP contribution in [0.15, 0.2) is 0 Å². The summed E-state index contributed by atoms with van der Waals surface area (Å²) in [6, 6.07) is -2.43. The molecule has 0 bridgehead atoms. The lowest BCUT2D eigenvalue weighted by Crippen LogP contribution is -2.49. The second-order valence-corrected chi connectivity index (χ2v) is 6.80. The number of sulfone groups is 1. The van der Waals surface area contributed by atoms with Crippen LogP contribution in [0.5, 0.6) is 0 Å². The molecule has 1 amide bonds. The Hall–Kier alpha value is -1.68. The number of ether oxygens (including phenoxy) is 1. The minimum absolute atomic E-state index is 0.117. The third kappa shape index (κ3) is 8.97. The molecule has 122 valence electrons. The van der Waals surface area contributed by atoms with Gasteiger partial charge in [0.15, 0.2) is 0 Å². The highest BCUT2D eigenvalue weighted by Crippen LogP contribution is 2.01. The topological polar surface area (TPSA) is 153 Å². The Balaban J connectivity index is 4.46. The smallest absolute Gasteiger partial charge is 0.326 e. The van der Waals surface area contributed by atoms with E-state index in [1.807, 2.05) is 0 Å². The molecule has 0 radical (unpaired) electrons. The summed E-state index contributed by atoms with van der Waals surface area (Å²) in [5.41, 5.74) is 5.49. The lowest BCUT2D eigenvalue weighted by atomic mass is 10.1. The number of rotatable bonds is 9. The van der Waals surface area contributed by atoms with Gasteiger partial charge in [-0.2, -0.15) is 0 Å². The number of aliphatic carboxylic acids is 1. The number of esters is 1. The van der Waals surface area contributed by atoms with Crippen molar-refractivity contribution in [2.45, 2.75) is 31.3 Å². The molecule has 0 saturated carbocycles. The molecule has 0 aromatic rings. The molecule has 0 rings (SSSR count). The van der Waals surface area contributed by atoms with E-state index in [4.69, 9.17) is 10.8 Å². The van der Waals surface area contributed by atoms with Crippen molar-refractivity contribution in [1.82, 2.24) is 5.32 Å². The summed E-state index contributed by atoms with van der Waals surface area (Å²) in [5.74, 6) is -2.98. The van der Waals surface area contributed by atoms with Crippen molar-refractivity contribution in [3.63, 3.8) is 0 Å². The van der Waals surface area contributed by atoms with E-state index in [0.29, 0.717) is 0 Å². The summed E-state index contributed by atoms with van der Waals surface area (Å²) in [6.07, 6.45) is 0.570. The second kappa shape index (κ2) is 8.57. The van der Waals surface area contributed by atoms with Crippen LogP contribution in [0.2, 0.25) is 0 Å². The van der Waals surface area contributed by atoms with Crippen LogP contribution in [0.25, 0.3) is 0 Å². The number of methoxy groups -OCH3 is 1.